The first-order chi connectivity index (χ1) is 9.22. The molecule has 1 aromatic carbocycles. The Morgan fingerprint density at radius 3 is 1.90 bits per heavy atom. The lowest BCUT2D eigenvalue weighted by molar-refractivity contribution is -0.717. The van der Waals surface area contributed by atoms with Crippen LogP contribution in [0.5, 0.6) is 5.75 Å². The van der Waals surface area contributed by atoms with Crippen LogP contribution in [0.15, 0.2) is 18.2 Å². The molecule has 0 fully saturated rings. The van der Waals surface area contributed by atoms with Crippen LogP contribution in [0.1, 0.15) is 71.4 Å². The Labute approximate surface area is 124 Å². The van der Waals surface area contributed by atoms with E-state index in [1.807, 2.05) is 0 Å². The van der Waals surface area contributed by atoms with Crippen LogP contribution in [0.25, 0.3) is 0 Å². The van der Waals surface area contributed by atoms with Crippen LogP contribution in [-0.4, -0.2) is 18.7 Å². The predicted octanol–water partition coefficient (Wildman–Crippen LogP) is 3.67. The molecule has 2 nitrogen and oxygen atoms in total. The molecule has 0 heterocycles. The topological polar surface area (TPSA) is 25.8 Å². The number of para-hydroxylation sites is 1. The van der Waals surface area contributed by atoms with E-state index in [-0.39, 0.29) is 5.54 Å². The van der Waals surface area contributed by atoms with Gasteiger partial charge >= 0.3 is 0 Å². The molecular weight excluding hydrogens is 246 g/mol. The zero-order valence-electron chi connectivity index (χ0n) is 14.3. The number of hydrogen-bond acceptors (Lipinski definition) is 1. The molecule has 0 aliphatic rings. The molecule has 0 aliphatic heterocycles. The Balaban J connectivity index is 2.81. The third-order valence-electron chi connectivity index (χ3n) is 3.44. The molecule has 2 N–H and O–H groups in total. The summed E-state index contributed by atoms with van der Waals surface area (Å²) in [5.74, 6) is 2.10. The van der Waals surface area contributed by atoms with Crippen molar-refractivity contribution in [3.8, 4) is 5.75 Å². The van der Waals surface area contributed by atoms with E-state index in [2.05, 4.69) is 72.0 Å². The predicted molar refractivity (Wildman–Crippen MR) is 86.7 cm³/mol. The quantitative estimate of drug-likeness (QED) is 0.789. The Morgan fingerprint density at radius 2 is 1.50 bits per heavy atom. The highest BCUT2D eigenvalue weighted by molar-refractivity contribution is 5.44. The summed E-state index contributed by atoms with van der Waals surface area (Å²) in [6.07, 6.45) is 0. The van der Waals surface area contributed by atoms with E-state index < -0.39 is 0 Å². The summed E-state index contributed by atoms with van der Waals surface area (Å²) in [6, 6.07) is 6.54. The fourth-order valence-electron chi connectivity index (χ4n) is 2.30. The zero-order chi connectivity index (χ0) is 15.3. The monoisotopic (exact) mass is 278 g/mol. The number of hydrogen-bond donors (Lipinski definition) is 1. The van der Waals surface area contributed by atoms with E-state index >= 15 is 0 Å². The Kier molecular flexibility index (Phi) is 6.07. The summed E-state index contributed by atoms with van der Waals surface area (Å²) >= 11 is 0. The molecule has 0 amide bonds. The fraction of sp³-hybridized carbons (Fsp3) is 0.667. The van der Waals surface area contributed by atoms with Gasteiger partial charge < -0.3 is 10.1 Å². The maximum atomic E-state index is 6.16. The van der Waals surface area contributed by atoms with E-state index in [0.29, 0.717) is 11.8 Å². The highest BCUT2D eigenvalue weighted by atomic mass is 16.5. The van der Waals surface area contributed by atoms with Crippen LogP contribution in [0, 0.1) is 0 Å². The molecule has 0 aromatic heterocycles. The third kappa shape index (κ3) is 5.16. The SMILES string of the molecule is CC(C)c1cccc(C(C)C)c1OCC[NH2+]C(C)(C)C. The van der Waals surface area contributed by atoms with Gasteiger partial charge in [-0.05, 0) is 43.7 Å². The Bertz CT molecular complexity index is 390. The molecule has 0 aliphatic carbocycles. The minimum atomic E-state index is 0.266. The minimum absolute atomic E-state index is 0.266. The molecule has 2 heteroatoms. The lowest BCUT2D eigenvalue weighted by Gasteiger charge is -2.21. The van der Waals surface area contributed by atoms with Crippen molar-refractivity contribution in [2.24, 2.45) is 0 Å². The van der Waals surface area contributed by atoms with Gasteiger partial charge in [-0.3, -0.25) is 0 Å². The Morgan fingerprint density at radius 1 is 1.00 bits per heavy atom. The second-order valence-electron chi connectivity index (χ2n) is 7.28. The Hall–Kier alpha value is -1.02. The van der Waals surface area contributed by atoms with Gasteiger partial charge in [0.2, 0.25) is 0 Å². The van der Waals surface area contributed by atoms with Crippen LogP contribution in [0.2, 0.25) is 0 Å². The molecule has 1 aromatic rings. The first kappa shape index (κ1) is 17.0. The highest BCUT2D eigenvalue weighted by Crippen LogP contribution is 2.34. The number of quaternary nitrogens is 1. The van der Waals surface area contributed by atoms with Gasteiger partial charge in [-0.25, -0.2) is 0 Å². The van der Waals surface area contributed by atoms with E-state index in [0.717, 1.165) is 18.9 Å². The van der Waals surface area contributed by atoms with Gasteiger partial charge in [0.1, 0.15) is 18.9 Å². The molecule has 0 atom stereocenters. The van der Waals surface area contributed by atoms with Crippen molar-refractivity contribution in [3.05, 3.63) is 29.3 Å². The molecule has 114 valence electrons. The molecule has 20 heavy (non-hydrogen) atoms. The maximum Gasteiger partial charge on any atom is 0.137 e. The van der Waals surface area contributed by atoms with E-state index in [9.17, 15) is 0 Å². The lowest BCUT2D eigenvalue weighted by atomic mass is 9.94. The summed E-state index contributed by atoms with van der Waals surface area (Å²) in [5, 5.41) is 2.33. The van der Waals surface area contributed by atoms with E-state index in [4.69, 9.17) is 4.74 Å². The second-order valence-corrected chi connectivity index (χ2v) is 7.28. The van der Waals surface area contributed by atoms with Crippen molar-refractivity contribution < 1.29 is 10.1 Å². The molecule has 0 bridgehead atoms. The average molecular weight is 278 g/mol. The van der Waals surface area contributed by atoms with Gasteiger partial charge in [-0.15, -0.1) is 0 Å². The van der Waals surface area contributed by atoms with Crippen LogP contribution in [0.3, 0.4) is 0 Å². The first-order valence-corrected chi connectivity index (χ1v) is 7.82. The van der Waals surface area contributed by atoms with Gasteiger partial charge in [0.15, 0.2) is 0 Å². The van der Waals surface area contributed by atoms with Crippen molar-refractivity contribution in [2.75, 3.05) is 13.2 Å². The number of benzene rings is 1. The molecule has 0 radical (unpaired) electrons. The molecule has 0 unspecified atom stereocenters. The van der Waals surface area contributed by atoms with Crippen molar-refractivity contribution in [3.63, 3.8) is 0 Å². The molecule has 0 saturated heterocycles. The number of ether oxygens (including phenoxy) is 1. The molecule has 1 rings (SSSR count). The number of rotatable bonds is 6. The van der Waals surface area contributed by atoms with Crippen molar-refractivity contribution in [2.45, 2.75) is 65.8 Å². The van der Waals surface area contributed by atoms with Gasteiger partial charge in [-0.2, -0.15) is 0 Å². The van der Waals surface area contributed by atoms with Crippen molar-refractivity contribution in [1.82, 2.24) is 0 Å². The number of nitrogens with two attached hydrogens (primary N) is 1. The van der Waals surface area contributed by atoms with Gasteiger partial charge in [0.25, 0.3) is 0 Å². The first-order valence-electron chi connectivity index (χ1n) is 7.82. The molecule has 0 spiro atoms. The van der Waals surface area contributed by atoms with E-state index in [1.165, 1.54) is 11.1 Å². The van der Waals surface area contributed by atoms with Crippen LogP contribution >= 0.6 is 0 Å². The standard InChI is InChI=1S/C18H31NO/c1-13(2)15-9-8-10-16(14(3)4)17(15)20-12-11-19-18(5,6)7/h8-10,13-14,19H,11-12H2,1-7H3/p+1. The maximum absolute atomic E-state index is 6.16. The van der Waals surface area contributed by atoms with Crippen LogP contribution in [-0.2, 0) is 0 Å². The third-order valence-corrected chi connectivity index (χ3v) is 3.44. The zero-order valence-corrected chi connectivity index (χ0v) is 14.3. The summed E-state index contributed by atoms with van der Waals surface area (Å²) in [6.45, 7) is 17.4. The summed E-state index contributed by atoms with van der Waals surface area (Å²) in [5.41, 5.74) is 2.92. The minimum Gasteiger partial charge on any atom is -0.487 e. The molecular formula is C18H32NO+. The van der Waals surface area contributed by atoms with Gasteiger partial charge in [-0.1, -0.05) is 45.9 Å². The summed E-state index contributed by atoms with van der Waals surface area (Å²) in [7, 11) is 0. The van der Waals surface area contributed by atoms with Crippen molar-refractivity contribution in [1.29, 1.82) is 0 Å². The van der Waals surface area contributed by atoms with Crippen LogP contribution < -0.4 is 10.1 Å². The van der Waals surface area contributed by atoms with E-state index in [1.54, 1.807) is 0 Å². The molecule has 0 saturated carbocycles. The largest absolute Gasteiger partial charge is 0.487 e. The lowest BCUT2D eigenvalue weighted by Crippen LogP contribution is -2.95. The van der Waals surface area contributed by atoms with Gasteiger partial charge in [0.05, 0.1) is 5.54 Å². The normalized spacial score (nSPS) is 12.2. The summed E-state index contributed by atoms with van der Waals surface area (Å²) in [4.78, 5) is 0. The van der Waals surface area contributed by atoms with Gasteiger partial charge in [0, 0.05) is 0 Å². The van der Waals surface area contributed by atoms with Crippen LogP contribution in [0.4, 0.5) is 0 Å². The summed E-state index contributed by atoms with van der Waals surface area (Å²) < 4.78 is 6.16. The smallest absolute Gasteiger partial charge is 0.137 e. The average Bonchev–Trinajstić information content (AvgIpc) is 2.32. The second kappa shape index (κ2) is 7.12. The van der Waals surface area contributed by atoms with Crippen molar-refractivity contribution >= 4 is 0 Å². The highest BCUT2D eigenvalue weighted by Gasteiger charge is 2.16. The fourth-order valence-corrected chi connectivity index (χ4v) is 2.30.